The molecular weight excluding hydrogens is 522 g/mol. The van der Waals surface area contributed by atoms with E-state index < -0.39 is 12.2 Å². The lowest BCUT2D eigenvalue weighted by Gasteiger charge is -2.21. The van der Waals surface area contributed by atoms with Gasteiger partial charge in [-0.3, -0.25) is 4.79 Å². The molecule has 0 radical (unpaired) electrons. The molecular formula is C30H54N7O4+. The van der Waals surface area contributed by atoms with Crippen molar-refractivity contribution < 1.29 is 24.3 Å². The summed E-state index contributed by atoms with van der Waals surface area (Å²) in [5, 5.41) is 30.6. The first-order valence-corrected chi connectivity index (χ1v) is 14.9. The van der Waals surface area contributed by atoms with Gasteiger partial charge in [0.1, 0.15) is 5.69 Å². The second kappa shape index (κ2) is 20.1. The number of rotatable bonds is 17. The van der Waals surface area contributed by atoms with E-state index in [-0.39, 0.29) is 5.97 Å². The molecule has 11 heteroatoms. The average molecular weight is 577 g/mol. The summed E-state index contributed by atoms with van der Waals surface area (Å²) in [7, 11) is 1.35. The number of azo groups is 1. The van der Waals surface area contributed by atoms with E-state index in [1.165, 1.54) is 14.0 Å². The highest BCUT2D eigenvalue weighted by atomic mass is 16.5. The maximum absolute atomic E-state index is 10.7. The van der Waals surface area contributed by atoms with Crippen LogP contribution in [0.3, 0.4) is 0 Å². The van der Waals surface area contributed by atoms with E-state index in [9.17, 15) is 15.0 Å². The molecule has 11 nitrogen and oxygen atoms in total. The first kappa shape index (κ1) is 36.2. The van der Waals surface area contributed by atoms with Gasteiger partial charge in [-0.05, 0) is 64.3 Å². The summed E-state index contributed by atoms with van der Waals surface area (Å²) in [6.07, 6.45) is 2.75. The lowest BCUT2D eigenvalue weighted by molar-refractivity contribution is -0.690. The second-order valence-electron chi connectivity index (χ2n) is 9.77. The monoisotopic (exact) mass is 576 g/mol. The molecule has 0 aliphatic carbocycles. The summed E-state index contributed by atoms with van der Waals surface area (Å²) in [6.45, 7) is 21.6. The molecule has 0 saturated heterocycles. The van der Waals surface area contributed by atoms with Crippen molar-refractivity contribution in [3.05, 3.63) is 36.7 Å². The van der Waals surface area contributed by atoms with Crippen LogP contribution in [0.5, 0.6) is 0 Å². The minimum absolute atomic E-state index is 0.245. The SMILES string of the molecule is CCN(CC)CC(O)Cn1cc[n+](CC(O)CN(CC)CC)c1N=Nc1ccc(N(CC)CC)cc1.COC(C)=O. The van der Waals surface area contributed by atoms with Crippen LogP contribution in [0.1, 0.15) is 48.5 Å². The van der Waals surface area contributed by atoms with E-state index in [0.717, 1.165) is 50.6 Å². The number of nitrogens with zero attached hydrogens (tertiary/aromatic N) is 7. The number of ether oxygens (including phenoxy) is 1. The summed E-state index contributed by atoms with van der Waals surface area (Å²) < 4.78 is 7.96. The van der Waals surface area contributed by atoms with Crippen molar-refractivity contribution in [2.45, 2.75) is 73.8 Å². The van der Waals surface area contributed by atoms with Crippen molar-refractivity contribution in [3.63, 3.8) is 0 Å². The number of aliphatic hydroxyl groups is 2. The molecule has 232 valence electrons. The van der Waals surface area contributed by atoms with Gasteiger partial charge in [-0.1, -0.05) is 32.8 Å². The van der Waals surface area contributed by atoms with E-state index in [1.807, 2.05) is 33.7 Å². The Hall–Kier alpha value is -2.86. The molecule has 1 aromatic heterocycles. The molecule has 0 amide bonds. The Labute approximate surface area is 247 Å². The van der Waals surface area contributed by atoms with Crippen molar-refractivity contribution >= 4 is 23.3 Å². The van der Waals surface area contributed by atoms with Gasteiger partial charge in [0.2, 0.25) is 0 Å². The number of esters is 1. The number of imidazole rings is 1. The number of carbonyl (C=O) groups excluding carboxylic acids is 1. The molecule has 0 aliphatic heterocycles. The van der Waals surface area contributed by atoms with E-state index in [4.69, 9.17) is 0 Å². The van der Waals surface area contributed by atoms with Gasteiger partial charge in [0, 0.05) is 43.9 Å². The highest BCUT2D eigenvalue weighted by Crippen LogP contribution is 2.22. The third-order valence-electron chi connectivity index (χ3n) is 7.00. The van der Waals surface area contributed by atoms with Crippen LogP contribution in [0.4, 0.5) is 17.3 Å². The van der Waals surface area contributed by atoms with Crippen LogP contribution >= 0.6 is 0 Å². The number of methoxy groups -OCH3 is 1. The van der Waals surface area contributed by atoms with Crippen LogP contribution in [0.15, 0.2) is 46.9 Å². The highest BCUT2D eigenvalue weighted by molar-refractivity contribution is 5.65. The summed E-state index contributed by atoms with van der Waals surface area (Å²) in [5.74, 6) is 0.366. The fourth-order valence-corrected chi connectivity index (χ4v) is 4.41. The van der Waals surface area contributed by atoms with E-state index in [1.54, 1.807) is 0 Å². The molecule has 1 aromatic carbocycles. The van der Waals surface area contributed by atoms with Gasteiger partial charge in [0.15, 0.2) is 0 Å². The summed E-state index contributed by atoms with van der Waals surface area (Å²) in [4.78, 5) is 16.3. The molecule has 0 spiro atoms. The largest absolute Gasteiger partial charge is 0.469 e. The smallest absolute Gasteiger partial charge is 0.421 e. The number of hydrogen-bond donors (Lipinski definition) is 2. The third kappa shape index (κ3) is 13.1. The van der Waals surface area contributed by atoms with Crippen molar-refractivity contribution in [2.24, 2.45) is 10.2 Å². The molecule has 0 bridgehead atoms. The van der Waals surface area contributed by atoms with Crippen LogP contribution in [-0.2, 0) is 22.6 Å². The van der Waals surface area contributed by atoms with Gasteiger partial charge in [-0.25, -0.2) is 9.13 Å². The van der Waals surface area contributed by atoms with Crippen molar-refractivity contribution in [1.82, 2.24) is 14.4 Å². The van der Waals surface area contributed by atoms with E-state index in [0.29, 0.717) is 32.1 Å². The molecule has 2 rings (SSSR count). The normalized spacial score (nSPS) is 12.9. The Morgan fingerprint density at radius 1 is 0.878 bits per heavy atom. The topological polar surface area (TPSA) is 110 Å². The zero-order valence-electron chi connectivity index (χ0n) is 26.5. The predicted molar refractivity (Wildman–Crippen MR) is 164 cm³/mol. The van der Waals surface area contributed by atoms with Gasteiger partial charge in [0.05, 0.1) is 44.8 Å². The Kier molecular flexibility index (Phi) is 17.7. The van der Waals surface area contributed by atoms with Gasteiger partial charge in [0.25, 0.3) is 0 Å². The van der Waals surface area contributed by atoms with Crippen LogP contribution in [0, 0.1) is 0 Å². The van der Waals surface area contributed by atoms with Crippen molar-refractivity contribution in [1.29, 1.82) is 0 Å². The first-order chi connectivity index (χ1) is 19.6. The molecule has 41 heavy (non-hydrogen) atoms. The summed E-state index contributed by atoms with van der Waals surface area (Å²) in [6, 6.07) is 8.07. The van der Waals surface area contributed by atoms with E-state index >= 15 is 0 Å². The molecule has 2 N–H and O–H groups in total. The Morgan fingerprint density at radius 3 is 1.85 bits per heavy atom. The molecule has 0 aliphatic rings. The number of aromatic nitrogens is 2. The quantitative estimate of drug-likeness (QED) is 0.168. The van der Waals surface area contributed by atoms with Crippen LogP contribution in [0.25, 0.3) is 0 Å². The van der Waals surface area contributed by atoms with Gasteiger partial charge in [-0.15, -0.1) is 0 Å². The minimum Gasteiger partial charge on any atom is -0.469 e. The van der Waals surface area contributed by atoms with Crippen LogP contribution < -0.4 is 9.47 Å². The van der Waals surface area contributed by atoms with E-state index in [2.05, 4.69) is 83.3 Å². The molecule has 2 atom stereocenters. The Balaban J connectivity index is 0.00000154. The number of carbonyl (C=O) groups is 1. The standard InChI is InChI=1S/C27H48N7O2.C3H6O2/c1-7-30(8-2)19-25(35)21-33-17-18-34(22-26(36)20-31(9-3)10-4)27(33)29-28-23-13-15-24(16-14-23)32(11-5)12-6;1-3(4)5-2/h13-18,25-26,35-36H,7-12,19-22H2,1-6H3;1-2H3/q+1;. The molecule has 2 unspecified atom stereocenters. The lowest BCUT2D eigenvalue weighted by Crippen LogP contribution is -2.44. The number of anilines is 1. The zero-order chi connectivity index (χ0) is 30.8. The van der Waals surface area contributed by atoms with Crippen LogP contribution in [-0.4, -0.2) is 102 Å². The summed E-state index contributed by atoms with van der Waals surface area (Å²) >= 11 is 0. The summed E-state index contributed by atoms with van der Waals surface area (Å²) in [5.41, 5.74) is 1.93. The van der Waals surface area contributed by atoms with Crippen molar-refractivity contribution in [3.8, 4) is 0 Å². The first-order valence-electron chi connectivity index (χ1n) is 14.9. The van der Waals surface area contributed by atoms with Gasteiger partial charge < -0.3 is 29.6 Å². The number of hydrogen-bond acceptors (Lipinski definition) is 9. The molecule has 0 saturated carbocycles. The predicted octanol–water partition coefficient (Wildman–Crippen LogP) is 3.62. The van der Waals surface area contributed by atoms with Gasteiger partial charge >= 0.3 is 11.9 Å². The third-order valence-corrected chi connectivity index (χ3v) is 7.00. The molecule has 2 aromatic rings. The van der Waals surface area contributed by atoms with Gasteiger partial charge in [-0.2, -0.15) is 0 Å². The fraction of sp³-hybridized carbons (Fsp3) is 0.667. The maximum Gasteiger partial charge on any atom is 0.421 e. The zero-order valence-corrected chi connectivity index (χ0v) is 26.5. The number of benzene rings is 1. The highest BCUT2D eigenvalue weighted by Gasteiger charge is 2.23. The number of aliphatic hydroxyl groups excluding tert-OH is 2. The Bertz CT molecular complexity index is 961. The maximum atomic E-state index is 10.7. The lowest BCUT2D eigenvalue weighted by atomic mass is 10.2. The average Bonchev–Trinajstić information content (AvgIpc) is 3.34. The fourth-order valence-electron chi connectivity index (χ4n) is 4.41. The number of likely N-dealkylation sites (N-methyl/N-ethyl adjacent to an activating group) is 2. The molecule has 1 heterocycles. The Morgan fingerprint density at radius 2 is 1.39 bits per heavy atom. The second-order valence-corrected chi connectivity index (χ2v) is 9.77. The minimum atomic E-state index is -0.534. The van der Waals surface area contributed by atoms with Crippen LogP contribution in [0.2, 0.25) is 0 Å². The molecule has 0 fully saturated rings. The van der Waals surface area contributed by atoms with Crippen molar-refractivity contribution in [2.75, 3.05) is 64.4 Å².